The molecule has 2 aromatic carbocycles. The topological polar surface area (TPSA) is 63.3 Å². The van der Waals surface area contributed by atoms with Crippen LogP contribution in [0.15, 0.2) is 42.5 Å². The van der Waals surface area contributed by atoms with E-state index in [2.05, 4.69) is 19.2 Å². The van der Waals surface area contributed by atoms with E-state index < -0.39 is 0 Å². The molecule has 34 heavy (non-hydrogen) atoms. The fraction of sp³-hybridized carbons (Fsp3) is 0.440. The van der Waals surface area contributed by atoms with Gasteiger partial charge in [0.15, 0.2) is 16.6 Å². The average molecular weight is 490 g/mol. The van der Waals surface area contributed by atoms with Gasteiger partial charge in [0.05, 0.1) is 26.9 Å². The van der Waals surface area contributed by atoms with Gasteiger partial charge >= 0.3 is 0 Å². The second-order valence-corrected chi connectivity index (χ2v) is 8.94. The number of nitrogens with zero attached hydrogens (tertiary/aromatic N) is 2. The van der Waals surface area contributed by atoms with Gasteiger partial charge in [0.1, 0.15) is 5.82 Å². The minimum absolute atomic E-state index is 0.0950. The normalized spacial score (nSPS) is 15.7. The molecule has 0 spiro atoms. The van der Waals surface area contributed by atoms with Crippen LogP contribution >= 0.6 is 12.2 Å². The molecule has 1 heterocycles. The van der Waals surface area contributed by atoms with Gasteiger partial charge in [-0.25, -0.2) is 4.39 Å². The predicted octanol–water partition coefficient (Wildman–Crippen LogP) is 4.04. The van der Waals surface area contributed by atoms with Crippen molar-refractivity contribution in [2.45, 2.75) is 20.0 Å². The highest BCUT2D eigenvalue weighted by Gasteiger charge is 2.27. The molecular weight excluding hydrogens is 457 g/mol. The zero-order valence-corrected chi connectivity index (χ0v) is 20.9. The third-order valence-corrected chi connectivity index (χ3v) is 5.81. The van der Waals surface area contributed by atoms with Crippen molar-refractivity contribution in [3.8, 4) is 11.5 Å². The quantitative estimate of drug-likeness (QED) is 0.562. The number of ether oxygens (including phenoxy) is 3. The first-order chi connectivity index (χ1) is 16.3. The van der Waals surface area contributed by atoms with Crippen molar-refractivity contribution < 1.29 is 23.4 Å². The van der Waals surface area contributed by atoms with E-state index in [0.717, 1.165) is 5.69 Å². The van der Waals surface area contributed by atoms with E-state index >= 15 is 0 Å². The summed E-state index contributed by atoms with van der Waals surface area (Å²) in [6.07, 6.45) is -0.204. The SMILES string of the molecule is COc1ccc(C(=O)N(CC(C)C)CC2CN(C(=S)Nc3ccc(F)cc3)CCO2)cc1OC. The number of benzene rings is 2. The smallest absolute Gasteiger partial charge is 0.254 e. The number of anilines is 1. The van der Waals surface area contributed by atoms with Crippen LogP contribution in [-0.4, -0.2) is 73.9 Å². The number of methoxy groups -OCH3 is 2. The molecule has 0 aliphatic carbocycles. The van der Waals surface area contributed by atoms with Gasteiger partial charge in [-0.05, 0) is 60.6 Å². The first-order valence-corrected chi connectivity index (χ1v) is 11.7. The lowest BCUT2D eigenvalue weighted by molar-refractivity contribution is -0.0215. The van der Waals surface area contributed by atoms with Gasteiger partial charge in [-0.15, -0.1) is 0 Å². The van der Waals surface area contributed by atoms with Gasteiger partial charge in [0, 0.05) is 37.4 Å². The van der Waals surface area contributed by atoms with Crippen molar-refractivity contribution in [3.05, 3.63) is 53.8 Å². The number of amides is 1. The highest BCUT2D eigenvalue weighted by atomic mass is 32.1. The van der Waals surface area contributed by atoms with E-state index in [-0.39, 0.29) is 23.7 Å². The summed E-state index contributed by atoms with van der Waals surface area (Å²) in [6, 6.07) is 11.2. The van der Waals surface area contributed by atoms with Crippen LogP contribution in [0, 0.1) is 11.7 Å². The monoisotopic (exact) mass is 489 g/mol. The Hall–Kier alpha value is -2.91. The summed E-state index contributed by atoms with van der Waals surface area (Å²) < 4.78 is 29.8. The van der Waals surface area contributed by atoms with Crippen molar-refractivity contribution >= 4 is 28.9 Å². The lowest BCUT2D eigenvalue weighted by Gasteiger charge is -2.37. The Morgan fingerprint density at radius 1 is 1.21 bits per heavy atom. The van der Waals surface area contributed by atoms with Gasteiger partial charge in [-0.1, -0.05) is 13.8 Å². The molecule has 1 amide bonds. The fourth-order valence-electron chi connectivity index (χ4n) is 3.83. The maximum Gasteiger partial charge on any atom is 0.254 e. The van der Waals surface area contributed by atoms with Gasteiger partial charge in [-0.3, -0.25) is 4.79 Å². The summed E-state index contributed by atoms with van der Waals surface area (Å²) in [6.45, 7) is 6.84. The first kappa shape index (κ1) is 25.7. The van der Waals surface area contributed by atoms with Crippen LogP contribution in [0.4, 0.5) is 10.1 Å². The molecule has 1 N–H and O–H groups in total. The van der Waals surface area contributed by atoms with Crippen LogP contribution < -0.4 is 14.8 Å². The number of rotatable bonds is 8. The van der Waals surface area contributed by atoms with E-state index in [9.17, 15) is 9.18 Å². The number of thiocarbonyl (C=S) groups is 1. The van der Waals surface area contributed by atoms with E-state index in [1.54, 1.807) is 44.6 Å². The molecule has 184 valence electrons. The number of morpholine rings is 1. The molecular formula is C25H32FN3O4S. The van der Waals surface area contributed by atoms with Crippen molar-refractivity contribution in [2.75, 3.05) is 52.3 Å². The maximum absolute atomic E-state index is 13.4. The number of hydrogen-bond donors (Lipinski definition) is 1. The average Bonchev–Trinajstić information content (AvgIpc) is 2.84. The molecule has 1 atom stereocenters. The molecule has 1 fully saturated rings. The molecule has 1 unspecified atom stereocenters. The Kier molecular flexibility index (Phi) is 9.06. The van der Waals surface area contributed by atoms with E-state index in [1.165, 1.54) is 12.1 Å². The first-order valence-electron chi connectivity index (χ1n) is 11.2. The second kappa shape index (κ2) is 12.0. The van der Waals surface area contributed by atoms with E-state index in [4.69, 9.17) is 26.4 Å². The Bertz CT molecular complexity index is 987. The summed E-state index contributed by atoms with van der Waals surface area (Å²) in [7, 11) is 3.11. The van der Waals surface area contributed by atoms with Crippen LogP contribution in [0.25, 0.3) is 0 Å². The summed E-state index contributed by atoms with van der Waals surface area (Å²) in [5.41, 5.74) is 1.25. The second-order valence-electron chi connectivity index (χ2n) is 8.55. The molecule has 0 aromatic heterocycles. The Morgan fingerprint density at radius 3 is 2.56 bits per heavy atom. The maximum atomic E-state index is 13.4. The molecule has 0 radical (unpaired) electrons. The minimum Gasteiger partial charge on any atom is -0.493 e. The van der Waals surface area contributed by atoms with E-state index in [1.807, 2.05) is 9.80 Å². The van der Waals surface area contributed by atoms with Gasteiger partial charge < -0.3 is 29.3 Å². The molecule has 0 saturated carbocycles. The predicted molar refractivity (Wildman–Crippen MR) is 134 cm³/mol. The van der Waals surface area contributed by atoms with Crippen LogP contribution in [0.3, 0.4) is 0 Å². The number of carbonyl (C=O) groups is 1. The summed E-state index contributed by atoms with van der Waals surface area (Å²) in [5.74, 6) is 0.970. The summed E-state index contributed by atoms with van der Waals surface area (Å²) >= 11 is 5.56. The van der Waals surface area contributed by atoms with Gasteiger partial charge in [-0.2, -0.15) is 0 Å². The lowest BCUT2D eigenvalue weighted by Crippen LogP contribution is -2.52. The number of nitrogens with one attached hydrogen (secondary N) is 1. The van der Waals surface area contributed by atoms with Gasteiger partial charge in [0.25, 0.3) is 5.91 Å². The zero-order valence-electron chi connectivity index (χ0n) is 20.0. The molecule has 7 nitrogen and oxygen atoms in total. The molecule has 0 bridgehead atoms. The highest BCUT2D eigenvalue weighted by Crippen LogP contribution is 2.28. The number of carbonyl (C=O) groups excluding carboxylic acids is 1. The summed E-state index contributed by atoms with van der Waals surface area (Å²) in [4.78, 5) is 17.2. The third-order valence-electron chi connectivity index (χ3n) is 5.45. The number of halogens is 1. The van der Waals surface area contributed by atoms with Crippen molar-refractivity contribution in [1.82, 2.24) is 9.80 Å². The van der Waals surface area contributed by atoms with Crippen LogP contribution in [0.5, 0.6) is 11.5 Å². The Morgan fingerprint density at radius 2 is 1.91 bits per heavy atom. The van der Waals surface area contributed by atoms with Gasteiger partial charge in [0.2, 0.25) is 0 Å². The third kappa shape index (κ3) is 6.80. The zero-order chi connectivity index (χ0) is 24.7. The van der Waals surface area contributed by atoms with Crippen molar-refractivity contribution in [3.63, 3.8) is 0 Å². The Labute approximate surface area is 205 Å². The van der Waals surface area contributed by atoms with E-state index in [0.29, 0.717) is 55.0 Å². The van der Waals surface area contributed by atoms with Crippen molar-refractivity contribution in [1.29, 1.82) is 0 Å². The highest BCUT2D eigenvalue weighted by molar-refractivity contribution is 7.80. The molecule has 1 aliphatic heterocycles. The molecule has 1 saturated heterocycles. The molecule has 9 heteroatoms. The molecule has 1 aliphatic rings. The van der Waals surface area contributed by atoms with Crippen LogP contribution in [-0.2, 0) is 4.74 Å². The van der Waals surface area contributed by atoms with Crippen molar-refractivity contribution in [2.24, 2.45) is 5.92 Å². The number of hydrogen-bond acceptors (Lipinski definition) is 5. The standard InChI is InChI=1S/C25H32FN3O4S/c1-17(2)14-29(24(30)18-5-10-22(31-3)23(13-18)32-4)16-21-15-28(11-12-33-21)25(34)27-20-8-6-19(26)7-9-20/h5-10,13,17,21H,11-12,14-16H2,1-4H3,(H,27,34). The van der Waals surface area contributed by atoms with Crippen LogP contribution in [0.2, 0.25) is 0 Å². The fourth-order valence-corrected chi connectivity index (χ4v) is 4.11. The van der Waals surface area contributed by atoms with Crippen LogP contribution in [0.1, 0.15) is 24.2 Å². The largest absolute Gasteiger partial charge is 0.493 e. The lowest BCUT2D eigenvalue weighted by atomic mass is 10.1. The molecule has 2 aromatic rings. The summed E-state index contributed by atoms with van der Waals surface area (Å²) in [5, 5.41) is 3.69. The molecule has 3 rings (SSSR count). The Balaban J connectivity index is 1.68. The minimum atomic E-state index is -0.299.